The molecule has 5 aromatic rings. The zero-order chi connectivity index (χ0) is 31.3. The number of nitrogens with zero attached hydrogens (tertiary/aromatic N) is 1. The summed E-state index contributed by atoms with van der Waals surface area (Å²) < 4.78 is 5.87. The summed E-state index contributed by atoms with van der Waals surface area (Å²) in [6.45, 7) is 0.437. The van der Waals surface area contributed by atoms with Crippen molar-refractivity contribution in [1.82, 2.24) is 10.3 Å². The van der Waals surface area contributed by atoms with Crippen LogP contribution in [0.3, 0.4) is 0 Å². The van der Waals surface area contributed by atoms with Crippen molar-refractivity contribution in [3.63, 3.8) is 0 Å². The molecule has 0 atom stereocenters. The topological polar surface area (TPSA) is 109 Å². The summed E-state index contributed by atoms with van der Waals surface area (Å²) in [4.78, 5) is 43.4. The van der Waals surface area contributed by atoms with E-state index in [2.05, 4.69) is 20.9 Å². The molecule has 0 spiro atoms. The van der Waals surface area contributed by atoms with Gasteiger partial charge in [-0.3, -0.25) is 19.4 Å². The first kappa shape index (κ1) is 30.8. The second kappa shape index (κ2) is 15.7. The summed E-state index contributed by atoms with van der Waals surface area (Å²) >= 11 is 1.37. The Morgan fingerprint density at radius 2 is 1.36 bits per heavy atom. The van der Waals surface area contributed by atoms with E-state index in [4.69, 9.17) is 4.74 Å². The Morgan fingerprint density at radius 1 is 0.711 bits per heavy atom. The van der Waals surface area contributed by atoms with Gasteiger partial charge in [-0.15, -0.1) is 11.8 Å². The zero-order valence-corrected chi connectivity index (χ0v) is 25.0. The van der Waals surface area contributed by atoms with Crippen LogP contribution in [0.5, 0.6) is 5.75 Å². The molecule has 9 heteroatoms. The van der Waals surface area contributed by atoms with Crippen molar-refractivity contribution in [3.05, 3.63) is 156 Å². The van der Waals surface area contributed by atoms with Crippen molar-refractivity contribution in [3.8, 4) is 5.75 Å². The minimum Gasteiger partial charge on any atom is -0.489 e. The van der Waals surface area contributed by atoms with Crippen LogP contribution in [0.1, 0.15) is 21.5 Å². The van der Waals surface area contributed by atoms with Crippen molar-refractivity contribution < 1.29 is 19.1 Å². The SMILES string of the molecule is O=C(CSc1ccc(NC(=O)/C(=C/c2ccc(OCc3ccccc3)cc2)NC(=O)c2ccccc2)cc1)Nc1ccncc1. The molecule has 224 valence electrons. The molecule has 45 heavy (non-hydrogen) atoms. The maximum absolute atomic E-state index is 13.4. The summed E-state index contributed by atoms with van der Waals surface area (Å²) in [5.74, 6) is -0.119. The van der Waals surface area contributed by atoms with Gasteiger partial charge in [0.25, 0.3) is 11.8 Å². The predicted molar refractivity (Wildman–Crippen MR) is 178 cm³/mol. The number of nitrogens with one attached hydrogen (secondary N) is 3. The largest absolute Gasteiger partial charge is 0.489 e. The maximum Gasteiger partial charge on any atom is 0.272 e. The lowest BCUT2D eigenvalue weighted by molar-refractivity contribution is -0.114. The first-order chi connectivity index (χ1) is 22.0. The first-order valence-electron chi connectivity index (χ1n) is 14.1. The van der Waals surface area contributed by atoms with Gasteiger partial charge in [0.15, 0.2) is 0 Å². The number of hydrogen-bond donors (Lipinski definition) is 3. The molecule has 0 aliphatic heterocycles. The van der Waals surface area contributed by atoms with E-state index in [1.54, 1.807) is 67.0 Å². The molecule has 0 radical (unpaired) electrons. The van der Waals surface area contributed by atoms with Gasteiger partial charge < -0.3 is 20.7 Å². The fourth-order valence-electron chi connectivity index (χ4n) is 4.12. The smallest absolute Gasteiger partial charge is 0.272 e. The van der Waals surface area contributed by atoms with Gasteiger partial charge in [0, 0.05) is 34.2 Å². The second-order valence-corrected chi connectivity index (χ2v) is 10.8. The molecule has 4 aromatic carbocycles. The lowest BCUT2D eigenvalue weighted by Crippen LogP contribution is -2.30. The number of hydrogen-bond acceptors (Lipinski definition) is 6. The molecule has 0 bridgehead atoms. The van der Waals surface area contributed by atoms with Gasteiger partial charge in [0.05, 0.1) is 5.75 Å². The van der Waals surface area contributed by atoms with E-state index < -0.39 is 11.8 Å². The van der Waals surface area contributed by atoms with Crippen LogP contribution in [0.25, 0.3) is 6.08 Å². The van der Waals surface area contributed by atoms with Crippen molar-refractivity contribution in [2.45, 2.75) is 11.5 Å². The molecule has 0 aliphatic carbocycles. The van der Waals surface area contributed by atoms with E-state index >= 15 is 0 Å². The second-order valence-electron chi connectivity index (χ2n) is 9.77. The molecular formula is C36H30N4O4S. The Balaban J connectivity index is 1.23. The maximum atomic E-state index is 13.4. The van der Waals surface area contributed by atoms with Crippen LogP contribution in [0, 0.1) is 0 Å². The van der Waals surface area contributed by atoms with E-state index in [0.29, 0.717) is 34.9 Å². The fraction of sp³-hybridized carbons (Fsp3) is 0.0556. The normalized spacial score (nSPS) is 10.9. The Morgan fingerprint density at radius 3 is 2.04 bits per heavy atom. The summed E-state index contributed by atoms with van der Waals surface area (Å²) in [5.41, 5.74) is 3.49. The Labute approximate surface area is 265 Å². The molecule has 0 unspecified atom stereocenters. The third-order valence-corrected chi connectivity index (χ3v) is 7.43. The molecule has 0 saturated heterocycles. The number of amides is 3. The van der Waals surface area contributed by atoms with Gasteiger partial charge in [-0.25, -0.2) is 0 Å². The van der Waals surface area contributed by atoms with Gasteiger partial charge in [-0.2, -0.15) is 0 Å². The van der Waals surface area contributed by atoms with E-state index in [0.717, 1.165) is 10.5 Å². The first-order valence-corrected chi connectivity index (χ1v) is 15.1. The molecular weight excluding hydrogens is 584 g/mol. The number of rotatable bonds is 12. The van der Waals surface area contributed by atoms with Crippen molar-refractivity contribution in [1.29, 1.82) is 0 Å². The monoisotopic (exact) mass is 614 g/mol. The van der Waals surface area contributed by atoms with Crippen LogP contribution in [0.15, 0.2) is 144 Å². The number of carbonyl (C=O) groups is 3. The number of aromatic nitrogens is 1. The van der Waals surface area contributed by atoms with E-state index in [9.17, 15) is 14.4 Å². The number of benzene rings is 4. The molecule has 3 amide bonds. The lowest BCUT2D eigenvalue weighted by Gasteiger charge is -2.12. The Bertz CT molecular complexity index is 1750. The Hall–Kier alpha value is -5.67. The third-order valence-electron chi connectivity index (χ3n) is 6.41. The predicted octanol–water partition coefficient (Wildman–Crippen LogP) is 6.80. The highest BCUT2D eigenvalue weighted by molar-refractivity contribution is 8.00. The summed E-state index contributed by atoms with van der Waals surface area (Å²) in [5, 5.41) is 8.43. The lowest BCUT2D eigenvalue weighted by atomic mass is 10.1. The van der Waals surface area contributed by atoms with Crippen LogP contribution in [-0.2, 0) is 16.2 Å². The number of carbonyl (C=O) groups excluding carboxylic acids is 3. The summed E-state index contributed by atoms with van der Waals surface area (Å²) in [6.07, 6.45) is 4.84. The van der Waals surface area contributed by atoms with Gasteiger partial charge in [-0.1, -0.05) is 60.7 Å². The van der Waals surface area contributed by atoms with Gasteiger partial charge >= 0.3 is 0 Å². The molecule has 0 saturated carbocycles. The number of anilines is 2. The van der Waals surface area contributed by atoms with Crippen LogP contribution < -0.4 is 20.7 Å². The van der Waals surface area contributed by atoms with E-state index in [1.807, 2.05) is 72.8 Å². The minimum atomic E-state index is -0.485. The quantitative estimate of drug-likeness (QED) is 0.105. The van der Waals surface area contributed by atoms with Crippen LogP contribution in [-0.4, -0.2) is 28.5 Å². The number of thioether (sulfide) groups is 1. The number of pyridine rings is 1. The van der Waals surface area contributed by atoms with Gasteiger partial charge in [-0.05, 0) is 77.9 Å². The Kier molecular flexibility index (Phi) is 10.7. The highest BCUT2D eigenvalue weighted by Gasteiger charge is 2.15. The van der Waals surface area contributed by atoms with Crippen LogP contribution in [0.2, 0.25) is 0 Å². The highest BCUT2D eigenvalue weighted by atomic mass is 32.2. The average Bonchev–Trinajstić information content (AvgIpc) is 3.08. The van der Waals surface area contributed by atoms with E-state index in [1.165, 1.54) is 11.8 Å². The fourth-order valence-corrected chi connectivity index (χ4v) is 4.82. The standard InChI is InChI=1S/C36H30N4O4S/c41-34(38-30-19-21-37-22-20-30)25-45-32-17-13-29(14-18-32)39-36(43)33(40-35(42)28-9-5-2-6-10-28)23-26-11-15-31(16-12-26)44-24-27-7-3-1-4-8-27/h1-23H,24-25H2,(H,39,43)(H,40,42)(H,37,38,41)/b33-23-. The molecule has 8 nitrogen and oxygen atoms in total. The van der Waals surface area contributed by atoms with E-state index in [-0.39, 0.29) is 17.4 Å². The van der Waals surface area contributed by atoms with Crippen molar-refractivity contribution >= 4 is 46.9 Å². The summed E-state index contributed by atoms with van der Waals surface area (Å²) in [6, 6.07) is 36.4. The molecule has 1 aromatic heterocycles. The summed E-state index contributed by atoms with van der Waals surface area (Å²) in [7, 11) is 0. The molecule has 1 heterocycles. The van der Waals surface area contributed by atoms with Crippen molar-refractivity contribution in [2.75, 3.05) is 16.4 Å². The van der Waals surface area contributed by atoms with Crippen LogP contribution in [0.4, 0.5) is 11.4 Å². The zero-order valence-electron chi connectivity index (χ0n) is 24.2. The van der Waals surface area contributed by atoms with Gasteiger partial charge in [0.2, 0.25) is 5.91 Å². The van der Waals surface area contributed by atoms with Gasteiger partial charge in [0.1, 0.15) is 18.1 Å². The molecule has 3 N–H and O–H groups in total. The van der Waals surface area contributed by atoms with Crippen LogP contribution >= 0.6 is 11.8 Å². The third kappa shape index (κ3) is 9.67. The van der Waals surface area contributed by atoms with Crippen molar-refractivity contribution in [2.24, 2.45) is 0 Å². The molecule has 0 fully saturated rings. The molecule has 0 aliphatic rings. The highest BCUT2D eigenvalue weighted by Crippen LogP contribution is 2.22. The number of ether oxygens (including phenoxy) is 1. The molecule has 5 rings (SSSR count). The minimum absolute atomic E-state index is 0.0769. The average molecular weight is 615 g/mol.